The SMILES string of the molecule is CCc1ccccc1C(CN)N(CC1CC1)C(C)C. The third-order valence-electron chi connectivity index (χ3n) is 4.25. The van der Waals surface area contributed by atoms with Gasteiger partial charge in [-0.05, 0) is 50.2 Å². The molecule has 0 bridgehead atoms. The first-order valence-corrected chi connectivity index (χ1v) is 7.71. The van der Waals surface area contributed by atoms with Gasteiger partial charge in [0.1, 0.15) is 0 Å². The Kier molecular flexibility index (Phi) is 5.00. The molecule has 1 aliphatic rings. The molecule has 1 atom stereocenters. The van der Waals surface area contributed by atoms with Gasteiger partial charge in [0.2, 0.25) is 0 Å². The van der Waals surface area contributed by atoms with Crippen molar-refractivity contribution in [3.05, 3.63) is 35.4 Å². The molecule has 0 radical (unpaired) electrons. The Hall–Kier alpha value is -0.860. The molecule has 1 unspecified atom stereocenters. The van der Waals surface area contributed by atoms with Crippen LogP contribution in [0.2, 0.25) is 0 Å². The minimum atomic E-state index is 0.372. The summed E-state index contributed by atoms with van der Waals surface area (Å²) < 4.78 is 0. The molecule has 0 aromatic heterocycles. The van der Waals surface area contributed by atoms with Crippen LogP contribution in [0.25, 0.3) is 0 Å². The average Bonchev–Trinajstić information content (AvgIpc) is 3.23. The van der Waals surface area contributed by atoms with Crippen LogP contribution in [0.15, 0.2) is 24.3 Å². The zero-order chi connectivity index (χ0) is 13.8. The van der Waals surface area contributed by atoms with Crippen LogP contribution in [-0.4, -0.2) is 24.0 Å². The van der Waals surface area contributed by atoms with Crippen LogP contribution in [0.5, 0.6) is 0 Å². The number of benzene rings is 1. The maximum absolute atomic E-state index is 6.12. The Bertz CT molecular complexity index is 396. The second-order valence-electron chi connectivity index (χ2n) is 6.04. The van der Waals surface area contributed by atoms with Crippen LogP contribution in [0.4, 0.5) is 0 Å². The Morgan fingerprint density at radius 3 is 2.47 bits per heavy atom. The van der Waals surface area contributed by atoms with Gasteiger partial charge in [0, 0.05) is 25.2 Å². The summed E-state index contributed by atoms with van der Waals surface area (Å²) in [5, 5.41) is 0. The van der Waals surface area contributed by atoms with Crippen molar-refractivity contribution in [2.24, 2.45) is 11.7 Å². The number of hydrogen-bond acceptors (Lipinski definition) is 2. The molecule has 2 rings (SSSR count). The van der Waals surface area contributed by atoms with E-state index in [0.717, 1.165) is 12.3 Å². The van der Waals surface area contributed by atoms with E-state index in [9.17, 15) is 0 Å². The lowest BCUT2D eigenvalue weighted by Gasteiger charge is -2.35. The van der Waals surface area contributed by atoms with Gasteiger partial charge in [0.25, 0.3) is 0 Å². The van der Waals surface area contributed by atoms with E-state index in [1.54, 1.807) is 0 Å². The Balaban J connectivity index is 2.24. The first kappa shape index (κ1) is 14.5. The second kappa shape index (κ2) is 6.53. The van der Waals surface area contributed by atoms with Crippen molar-refractivity contribution in [1.82, 2.24) is 4.90 Å². The van der Waals surface area contributed by atoms with Gasteiger partial charge in [-0.1, -0.05) is 31.2 Å². The number of rotatable bonds is 7. The number of aryl methyl sites for hydroxylation is 1. The summed E-state index contributed by atoms with van der Waals surface area (Å²) in [6.45, 7) is 8.73. The third kappa shape index (κ3) is 3.58. The van der Waals surface area contributed by atoms with E-state index >= 15 is 0 Å². The van der Waals surface area contributed by atoms with Gasteiger partial charge < -0.3 is 5.73 Å². The number of hydrogen-bond donors (Lipinski definition) is 1. The van der Waals surface area contributed by atoms with Crippen molar-refractivity contribution in [2.45, 2.75) is 52.1 Å². The lowest BCUT2D eigenvalue weighted by atomic mass is 9.96. The number of nitrogens with zero attached hydrogens (tertiary/aromatic N) is 1. The summed E-state index contributed by atoms with van der Waals surface area (Å²) in [5.41, 5.74) is 9.00. The number of nitrogens with two attached hydrogens (primary N) is 1. The summed E-state index contributed by atoms with van der Waals surface area (Å²) in [6, 6.07) is 9.71. The van der Waals surface area contributed by atoms with Crippen LogP contribution in [0.3, 0.4) is 0 Å². The van der Waals surface area contributed by atoms with E-state index in [-0.39, 0.29) is 0 Å². The fraction of sp³-hybridized carbons (Fsp3) is 0.647. The Labute approximate surface area is 118 Å². The Morgan fingerprint density at radius 1 is 1.26 bits per heavy atom. The smallest absolute Gasteiger partial charge is 0.0475 e. The highest BCUT2D eigenvalue weighted by atomic mass is 15.2. The molecule has 1 aromatic rings. The maximum Gasteiger partial charge on any atom is 0.0475 e. The summed E-state index contributed by atoms with van der Waals surface area (Å²) >= 11 is 0. The lowest BCUT2D eigenvalue weighted by molar-refractivity contribution is 0.149. The van der Waals surface area contributed by atoms with E-state index in [4.69, 9.17) is 5.73 Å². The van der Waals surface area contributed by atoms with Crippen LogP contribution in [-0.2, 0) is 6.42 Å². The molecular weight excluding hydrogens is 232 g/mol. The molecule has 106 valence electrons. The van der Waals surface area contributed by atoms with Crippen LogP contribution in [0.1, 0.15) is 50.8 Å². The molecule has 1 saturated carbocycles. The van der Waals surface area contributed by atoms with E-state index in [0.29, 0.717) is 18.6 Å². The molecule has 0 spiro atoms. The average molecular weight is 260 g/mol. The summed E-state index contributed by atoms with van der Waals surface area (Å²) in [7, 11) is 0. The van der Waals surface area contributed by atoms with Gasteiger partial charge in [0.15, 0.2) is 0 Å². The first-order chi connectivity index (χ1) is 9.17. The van der Waals surface area contributed by atoms with Crippen LogP contribution in [0, 0.1) is 5.92 Å². The van der Waals surface area contributed by atoms with E-state index in [1.165, 1.54) is 30.5 Å². The third-order valence-corrected chi connectivity index (χ3v) is 4.25. The minimum absolute atomic E-state index is 0.372. The van der Waals surface area contributed by atoms with Gasteiger partial charge in [-0.2, -0.15) is 0 Å². The van der Waals surface area contributed by atoms with Gasteiger partial charge in [-0.3, -0.25) is 4.90 Å². The summed E-state index contributed by atoms with van der Waals surface area (Å²) in [6.07, 6.45) is 3.88. The molecule has 2 N–H and O–H groups in total. The zero-order valence-corrected chi connectivity index (χ0v) is 12.6. The van der Waals surface area contributed by atoms with Crippen molar-refractivity contribution < 1.29 is 0 Å². The maximum atomic E-state index is 6.12. The predicted octanol–water partition coefficient (Wildman–Crippen LogP) is 3.37. The normalized spacial score (nSPS) is 17.2. The van der Waals surface area contributed by atoms with Crippen molar-refractivity contribution in [3.8, 4) is 0 Å². The highest BCUT2D eigenvalue weighted by Gasteiger charge is 2.30. The zero-order valence-electron chi connectivity index (χ0n) is 12.6. The molecule has 2 nitrogen and oxygen atoms in total. The van der Waals surface area contributed by atoms with Gasteiger partial charge in [-0.25, -0.2) is 0 Å². The van der Waals surface area contributed by atoms with Gasteiger partial charge in [0.05, 0.1) is 0 Å². The molecular formula is C17H28N2. The fourth-order valence-electron chi connectivity index (χ4n) is 2.92. The van der Waals surface area contributed by atoms with Crippen molar-refractivity contribution in [1.29, 1.82) is 0 Å². The molecule has 0 saturated heterocycles. The van der Waals surface area contributed by atoms with Crippen molar-refractivity contribution in [3.63, 3.8) is 0 Å². The van der Waals surface area contributed by atoms with Gasteiger partial charge >= 0.3 is 0 Å². The highest BCUT2D eigenvalue weighted by molar-refractivity contribution is 5.30. The molecule has 1 aromatic carbocycles. The quantitative estimate of drug-likeness (QED) is 0.814. The molecule has 2 heteroatoms. The topological polar surface area (TPSA) is 29.3 Å². The van der Waals surface area contributed by atoms with E-state index < -0.39 is 0 Å². The highest BCUT2D eigenvalue weighted by Crippen LogP contribution is 2.34. The van der Waals surface area contributed by atoms with Crippen molar-refractivity contribution >= 4 is 0 Å². The standard InChI is InChI=1S/C17H28N2/c1-4-15-7-5-6-8-16(15)17(11-18)19(13(2)3)12-14-9-10-14/h5-8,13-14,17H,4,9-12,18H2,1-3H3. The molecule has 1 fully saturated rings. The monoisotopic (exact) mass is 260 g/mol. The molecule has 0 amide bonds. The molecule has 0 aliphatic heterocycles. The summed E-state index contributed by atoms with van der Waals surface area (Å²) in [4.78, 5) is 2.60. The molecule has 1 aliphatic carbocycles. The fourth-order valence-corrected chi connectivity index (χ4v) is 2.92. The van der Waals surface area contributed by atoms with Crippen LogP contribution < -0.4 is 5.73 Å². The van der Waals surface area contributed by atoms with Crippen molar-refractivity contribution in [2.75, 3.05) is 13.1 Å². The summed E-state index contributed by atoms with van der Waals surface area (Å²) in [5.74, 6) is 0.908. The first-order valence-electron chi connectivity index (χ1n) is 7.71. The lowest BCUT2D eigenvalue weighted by Crippen LogP contribution is -2.40. The molecule has 0 heterocycles. The second-order valence-corrected chi connectivity index (χ2v) is 6.04. The van der Waals surface area contributed by atoms with Crippen LogP contribution >= 0.6 is 0 Å². The van der Waals surface area contributed by atoms with E-state index in [2.05, 4.69) is 49.9 Å². The van der Waals surface area contributed by atoms with E-state index in [1.807, 2.05) is 0 Å². The predicted molar refractivity (Wildman–Crippen MR) is 82.2 cm³/mol. The Morgan fingerprint density at radius 2 is 1.95 bits per heavy atom. The van der Waals surface area contributed by atoms with Gasteiger partial charge in [-0.15, -0.1) is 0 Å². The molecule has 19 heavy (non-hydrogen) atoms. The minimum Gasteiger partial charge on any atom is -0.329 e. The largest absolute Gasteiger partial charge is 0.329 e.